The number of carbonyl (C=O) groups excluding carboxylic acids is 2. The van der Waals surface area contributed by atoms with Crippen LogP contribution < -0.4 is 5.32 Å². The monoisotopic (exact) mass is 478 g/mol. The van der Waals surface area contributed by atoms with E-state index in [-0.39, 0.29) is 23.6 Å². The van der Waals surface area contributed by atoms with E-state index < -0.39 is 6.04 Å². The third kappa shape index (κ3) is 7.16. The second-order valence-electron chi connectivity index (χ2n) is 7.88. The topological polar surface area (TPSA) is 49.4 Å². The van der Waals surface area contributed by atoms with Gasteiger partial charge in [-0.1, -0.05) is 60.7 Å². The van der Waals surface area contributed by atoms with Crippen molar-refractivity contribution in [3.05, 3.63) is 64.1 Å². The Morgan fingerprint density at radius 2 is 1.74 bits per heavy atom. The highest BCUT2D eigenvalue weighted by Crippen LogP contribution is 2.24. The molecule has 7 heteroatoms. The molecule has 1 aliphatic carbocycles. The predicted octanol–water partition coefficient (Wildman–Crippen LogP) is 5.95. The van der Waals surface area contributed by atoms with Crippen LogP contribution in [0.1, 0.15) is 44.6 Å². The molecule has 0 spiro atoms. The Morgan fingerprint density at radius 3 is 2.42 bits per heavy atom. The molecule has 0 bridgehead atoms. The molecule has 2 aromatic rings. The van der Waals surface area contributed by atoms with Gasteiger partial charge >= 0.3 is 0 Å². The summed E-state index contributed by atoms with van der Waals surface area (Å²) in [6.45, 7) is 2.08. The van der Waals surface area contributed by atoms with Gasteiger partial charge in [-0.05, 0) is 55.7 Å². The summed E-state index contributed by atoms with van der Waals surface area (Å²) in [7, 11) is 0. The Bertz CT molecular complexity index is 885. The van der Waals surface area contributed by atoms with Gasteiger partial charge in [-0.15, -0.1) is 11.8 Å². The molecule has 0 aliphatic heterocycles. The van der Waals surface area contributed by atoms with E-state index in [2.05, 4.69) is 5.32 Å². The maximum atomic E-state index is 13.2. The van der Waals surface area contributed by atoms with Gasteiger partial charge < -0.3 is 10.2 Å². The summed E-state index contributed by atoms with van der Waals surface area (Å²) < 4.78 is 0. The Morgan fingerprint density at radius 1 is 1.06 bits per heavy atom. The number of benzene rings is 2. The smallest absolute Gasteiger partial charge is 0.242 e. The van der Waals surface area contributed by atoms with Crippen molar-refractivity contribution in [2.24, 2.45) is 0 Å². The molecule has 0 aromatic heterocycles. The number of nitrogens with zero attached hydrogens (tertiary/aromatic N) is 1. The van der Waals surface area contributed by atoms with Gasteiger partial charge in [0.05, 0.1) is 5.75 Å². The van der Waals surface area contributed by atoms with Crippen molar-refractivity contribution in [1.82, 2.24) is 10.2 Å². The van der Waals surface area contributed by atoms with E-state index in [0.717, 1.165) is 36.1 Å². The van der Waals surface area contributed by atoms with E-state index in [4.69, 9.17) is 23.2 Å². The fourth-order valence-corrected chi connectivity index (χ4v) is 4.83. The third-order valence-corrected chi connectivity index (χ3v) is 7.21. The minimum atomic E-state index is -0.587. The van der Waals surface area contributed by atoms with Gasteiger partial charge in [-0.2, -0.15) is 0 Å². The Kier molecular flexibility index (Phi) is 9.12. The van der Waals surface area contributed by atoms with Crippen LogP contribution in [0, 0.1) is 0 Å². The van der Waals surface area contributed by atoms with Crippen LogP contribution in [0.15, 0.2) is 53.4 Å². The lowest BCUT2D eigenvalue weighted by molar-refractivity contribution is -0.139. The van der Waals surface area contributed by atoms with Crippen LogP contribution in [0.2, 0.25) is 10.0 Å². The van der Waals surface area contributed by atoms with E-state index in [1.54, 1.807) is 30.0 Å². The van der Waals surface area contributed by atoms with Crippen molar-refractivity contribution in [3.63, 3.8) is 0 Å². The zero-order valence-corrected chi connectivity index (χ0v) is 20.0. The number of hydrogen-bond donors (Lipinski definition) is 1. The molecule has 1 aliphatic rings. The van der Waals surface area contributed by atoms with Crippen LogP contribution in [0.25, 0.3) is 0 Å². The highest BCUT2D eigenvalue weighted by Gasteiger charge is 2.28. The standard InChI is InChI=1S/C24H28Cl2N2O2S/c1-17(24(30)27-20-8-3-2-4-9-20)28(15-18-7-5-6-10-22(18)26)23(29)16-31-21-13-11-19(25)12-14-21/h5-7,10-14,17,20H,2-4,8-9,15-16H2,1H3,(H,27,30)/t17-/m1/s1. The van der Waals surface area contributed by atoms with Crippen LogP contribution in [-0.2, 0) is 16.1 Å². The van der Waals surface area contributed by atoms with Crippen molar-refractivity contribution >= 4 is 46.8 Å². The molecular formula is C24H28Cl2N2O2S. The van der Waals surface area contributed by atoms with Gasteiger partial charge in [0.15, 0.2) is 0 Å². The number of carbonyl (C=O) groups is 2. The van der Waals surface area contributed by atoms with Crippen LogP contribution in [0.5, 0.6) is 0 Å². The number of rotatable bonds is 8. The quantitative estimate of drug-likeness (QED) is 0.476. The average Bonchev–Trinajstić information content (AvgIpc) is 2.78. The summed E-state index contributed by atoms with van der Waals surface area (Å²) in [5, 5.41) is 4.39. The van der Waals surface area contributed by atoms with Crippen LogP contribution in [0.3, 0.4) is 0 Å². The molecule has 166 valence electrons. The van der Waals surface area contributed by atoms with Gasteiger partial charge in [-0.25, -0.2) is 0 Å². The minimum Gasteiger partial charge on any atom is -0.352 e. The Labute approximate surface area is 198 Å². The van der Waals surface area contributed by atoms with Crippen LogP contribution in [0.4, 0.5) is 0 Å². The minimum absolute atomic E-state index is 0.105. The van der Waals surface area contributed by atoms with Crippen molar-refractivity contribution in [2.45, 2.75) is 62.6 Å². The summed E-state index contributed by atoms with van der Waals surface area (Å²) in [5.74, 6) is 0.0163. The second kappa shape index (κ2) is 11.8. The van der Waals surface area contributed by atoms with Crippen LogP contribution in [-0.4, -0.2) is 34.6 Å². The summed E-state index contributed by atoms with van der Waals surface area (Å²) in [4.78, 5) is 28.8. The number of amides is 2. The van der Waals surface area contributed by atoms with Gasteiger partial charge in [0, 0.05) is 27.5 Å². The molecular weight excluding hydrogens is 451 g/mol. The molecule has 1 atom stereocenters. The lowest BCUT2D eigenvalue weighted by atomic mass is 9.95. The van der Waals surface area contributed by atoms with Crippen molar-refractivity contribution in [2.75, 3.05) is 5.75 Å². The van der Waals surface area contributed by atoms with Gasteiger partial charge in [-0.3, -0.25) is 9.59 Å². The summed E-state index contributed by atoms with van der Waals surface area (Å²) >= 11 is 13.7. The van der Waals surface area contributed by atoms with Crippen molar-refractivity contribution in [3.8, 4) is 0 Å². The van der Waals surface area contributed by atoms with Crippen molar-refractivity contribution < 1.29 is 9.59 Å². The number of halogens is 2. The third-order valence-electron chi connectivity index (χ3n) is 5.59. The molecule has 1 N–H and O–H groups in total. The molecule has 2 aromatic carbocycles. The summed E-state index contributed by atoms with van der Waals surface area (Å²) in [6.07, 6.45) is 5.51. The molecule has 3 rings (SSSR count). The highest BCUT2D eigenvalue weighted by atomic mass is 35.5. The fourth-order valence-electron chi connectivity index (χ4n) is 3.72. The van der Waals surface area contributed by atoms with Gasteiger partial charge in [0.2, 0.25) is 11.8 Å². The predicted molar refractivity (Wildman–Crippen MR) is 129 cm³/mol. The lowest BCUT2D eigenvalue weighted by Gasteiger charge is -2.31. The molecule has 0 radical (unpaired) electrons. The molecule has 0 heterocycles. The Hall–Kier alpha value is -1.69. The molecule has 0 unspecified atom stereocenters. The number of nitrogens with one attached hydrogen (secondary N) is 1. The molecule has 1 fully saturated rings. The SMILES string of the molecule is C[C@H](C(=O)NC1CCCCC1)N(Cc1ccccc1Cl)C(=O)CSc1ccc(Cl)cc1. The fraction of sp³-hybridized carbons (Fsp3) is 0.417. The number of hydrogen-bond acceptors (Lipinski definition) is 3. The highest BCUT2D eigenvalue weighted by molar-refractivity contribution is 8.00. The molecule has 4 nitrogen and oxygen atoms in total. The molecule has 1 saturated carbocycles. The normalized spacial score (nSPS) is 15.3. The first kappa shape index (κ1) is 24.0. The molecule has 0 saturated heterocycles. The van der Waals surface area contributed by atoms with E-state index >= 15 is 0 Å². The molecule has 31 heavy (non-hydrogen) atoms. The van der Waals surface area contributed by atoms with Gasteiger partial charge in [0.1, 0.15) is 6.04 Å². The number of thioether (sulfide) groups is 1. The summed E-state index contributed by atoms with van der Waals surface area (Å²) in [6, 6.07) is 14.4. The first-order chi connectivity index (χ1) is 14.9. The van der Waals surface area contributed by atoms with Crippen molar-refractivity contribution in [1.29, 1.82) is 0 Å². The first-order valence-electron chi connectivity index (χ1n) is 10.7. The maximum Gasteiger partial charge on any atom is 0.242 e. The van der Waals surface area contributed by atoms with Crippen LogP contribution >= 0.6 is 35.0 Å². The van der Waals surface area contributed by atoms with E-state index in [1.807, 2.05) is 30.3 Å². The average molecular weight is 479 g/mol. The van der Waals surface area contributed by atoms with E-state index in [1.165, 1.54) is 18.2 Å². The maximum absolute atomic E-state index is 13.2. The van der Waals surface area contributed by atoms with E-state index in [9.17, 15) is 9.59 Å². The van der Waals surface area contributed by atoms with E-state index in [0.29, 0.717) is 16.6 Å². The Balaban J connectivity index is 1.71. The lowest BCUT2D eigenvalue weighted by Crippen LogP contribution is -2.50. The zero-order chi connectivity index (χ0) is 22.2. The summed E-state index contributed by atoms with van der Waals surface area (Å²) in [5.41, 5.74) is 0.825. The molecule has 2 amide bonds. The second-order valence-corrected chi connectivity index (χ2v) is 9.77. The first-order valence-corrected chi connectivity index (χ1v) is 12.4. The van der Waals surface area contributed by atoms with Gasteiger partial charge in [0.25, 0.3) is 0 Å². The zero-order valence-electron chi connectivity index (χ0n) is 17.7. The largest absolute Gasteiger partial charge is 0.352 e.